The first-order valence-corrected chi connectivity index (χ1v) is 6.97. The zero-order valence-corrected chi connectivity index (χ0v) is 11.9. The lowest BCUT2D eigenvalue weighted by molar-refractivity contribution is -0.118. The third-order valence-electron chi connectivity index (χ3n) is 3.51. The molecule has 0 spiro atoms. The van der Waals surface area contributed by atoms with Gasteiger partial charge in [0.05, 0.1) is 5.69 Å². The number of carbonyl (C=O) groups excluding carboxylic acids is 2. The number of nitrogens with one attached hydrogen (secondary N) is 2. The van der Waals surface area contributed by atoms with Crippen LogP contribution in [0, 0.1) is 0 Å². The summed E-state index contributed by atoms with van der Waals surface area (Å²) in [6.07, 6.45) is 0. The maximum atomic E-state index is 12.3. The molecule has 0 atom stereocenters. The minimum absolute atomic E-state index is 0.0352. The lowest BCUT2D eigenvalue weighted by Crippen LogP contribution is -2.25. The van der Waals surface area contributed by atoms with Crippen LogP contribution in [-0.2, 0) is 4.79 Å². The van der Waals surface area contributed by atoms with Gasteiger partial charge in [-0.25, -0.2) is 0 Å². The second kappa shape index (κ2) is 5.20. The highest BCUT2D eigenvalue weighted by Crippen LogP contribution is 2.33. The van der Waals surface area contributed by atoms with Crippen LogP contribution < -0.4 is 24.8 Å². The molecule has 2 aromatic carbocycles. The van der Waals surface area contributed by atoms with Gasteiger partial charge in [0.25, 0.3) is 11.8 Å². The first kappa shape index (κ1) is 13.4. The topological polar surface area (TPSA) is 85.9 Å². The monoisotopic (exact) mass is 312 g/mol. The fraction of sp³-hybridized carbons (Fsp3) is 0.125. The van der Waals surface area contributed by atoms with E-state index in [0.29, 0.717) is 34.2 Å². The van der Waals surface area contributed by atoms with E-state index in [2.05, 4.69) is 10.6 Å². The highest BCUT2D eigenvalue weighted by molar-refractivity contribution is 6.05. The molecule has 0 fully saturated rings. The molecule has 7 nitrogen and oxygen atoms in total. The van der Waals surface area contributed by atoms with Gasteiger partial charge in [-0.2, -0.15) is 0 Å². The van der Waals surface area contributed by atoms with Crippen molar-refractivity contribution in [2.75, 3.05) is 24.0 Å². The Kier molecular flexibility index (Phi) is 3.04. The van der Waals surface area contributed by atoms with E-state index < -0.39 is 0 Å². The van der Waals surface area contributed by atoms with Gasteiger partial charge >= 0.3 is 0 Å². The van der Waals surface area contributed by atoms with E-state index in [1.165, 1.54) is 0 Å². The molecule has 2 heterocycles. The number of hydrogen-bond acceptors (Lipinski definition) is 5. The molecule has 2 aliphatic rings. The summed E-state index contributed by atoms with van der Waals surface area (Å²) < 4.78 is 15.8. The summed E-state index contributed by atoms with van der Waals surface area (Å²) in [5, 5.41) is 5.48. The van der Waals surface area contributed by atoms with Gasteiger partial charge in [0.15, 0.2) is 18.1 Å². The highest BCUT2D eigenvalue weighted by Gasteiger charge is 2.18. The van der Waals surface area contributed by atoms with E-state index in [-0.39, 0.29) is 25.2 Å². The molecular weight excluding hydrogens is 300 g/mol. The molecule has 2 N–H and O–H groups in total. The maximum Gasteiger partial charge on any atom is 0.262 e. The molecule has 23 heavy (non-hydrogen) atoms. The predicted octanol–water partition coefficient (Wildman–Crippen LogP) is 2.00. The van der Waals surface area contributed by atoms with E-state index in [1.807, 2.05) is 0 Å². The van der Waals surface area contributed by atoms with Gasteiger partial charge in [-0.1, -0.05) is 0 Å². The average molecular weight is 312 g/mol. The molecule has 0 saturated carbocycles. The Balaban J connectivity index is 1.54. The van der Waals surface area contributed by atoms with E-state index in [0.717, 1.165) is 0 Å². The van der Waals surface area contributed by atoms with Crippen LogP contribution in [-0.4, -0.2) is 25.2 Å². The van der Waals surface area contributed by atoms with Gasteiger partial charge in [-0.05, 0) is 30.3 Å². The van der Waals surface area contributed by atoms with Crippen molar-refractivity contribution in [3.8, 4) is 17.2 Å². The minimum atomic E-state index is -0.275. The molecule has 7 heteroatoms. The van der Waals surface area contributed by atoms with Crippen molar-refractivity contribution in [1.29, 1.82) is 0 Å². The molecule has 0 radical (unpaired) electrons. The number of benzene rings is 2. The van der Waals surface area contributed by atoms with Crippen molar-refractivity contribution in [1.82, 2.24) is 0 Å². The number of rotatable bonds is 2. The van der Waals surface area contributed by atoms with Crippen molar-refractivity contribution >= 4 is 23.2 Å². The predicted molar refractivity (Wildman–Crippen MR) is 81.1 cm³/mol. The Labute approximate surface area is 131 Å². The maximum absolute atomic E-state index is 12.3. The molecule has 0 saturated heterocycles. The standard InChI is InChI=1S/C16H12N2O5/c19-15-7-21-13-6-10(2-3-11(13)18-15)17-16(20)9-1-4-12-14(5-9)23-8-22-12/h1-6H,7-8H2,(H,17,20)(H,18,19). The summed E-state index contributed by atoms with van der Waals surface area (Å²) >= 11 is 0. The van der Waals surface area contributed by atoms with Crippen LogP contribution in [0.4, 0.5) is 11.4 Å². The molecule has 2 aliphatic heterocycles. The van der Waals surface area contributed by atoms with Crippen LogP contribution in [0.3, 0.4) is 0 Å². The fourth-order valence-corrected chi connectivity index (χ4v) is 2.39. The third kappa shape index (κ3) is 2.52. The van der Waals surface area contributed by atoms with E-state index in [9.17, 15) is 9.59 Å². The van der Waals surface area contributed by atoms with E-state index in [1.54, 1.807) is 36.4 Å². The van der Waals surface area contributed by atoms with Crippen LogP contribution in [0.2, 0.25) is 0 Å². The summed E-state index contributed by atoms with van der Waals surface area (Å²) in [5.74, 6) is 1.22. The van der Waals surface area contributed by atoms with E-state index in [4.69, 9.17) is 14.2 Å². The first-order chi connectivity index (χ1) is 11.2. The van der Waals surface area contributed by atoms with Crippen molar-refractivity contribution in [3.05, 3.63) is 42.0 Å². The lowest BCUT2D eigenvalue weighted by atomic mass is 10.1. The van der Waals surface area contributed by atoms with Gasteiger partial charge in [-0.15, -0.1) is 0 Å². The number of fused-ring (bicyclic) bond motifs is 2. The van der Waals surface area contributed by atoms with Crippen LogP contribution in [0.15, 0.2) is 36.4 Å². The molecule has 2 amide bonds. The molecule has 0 aliphatic carbocycles. The summed E-state index contributed by atoms with van der Waals surface area (Å²) in [7, 11) is 0. The molecule has 0 unspecified atom stereocenters. The lowest BCUT2D eigenvalue weighted by Gasteiger charge is -2.18. The quantitative estimate of drug-likeness (QED) is 0.886. The van der Waals surface area contributed by atoms with Gasteiger partial charge in [0.2, 0.25) is 6.79 Å². The smallest absolute Gasteiger partial charge is 0.262 e. The van der Waals surface area contributed by atoms with Crippen LogP contribution >= 0.6 is 0 Å². The largest absolute Gasteiger partial charge is 0.482 e. The number of amides is 2. The Morgan fingerprint density at radius 3 is 2.78 bits per heavy atom. The molecule has 116 valence electrons. The number of ether oxygens (including phenoxy) is 3. The van der Waals surface area contributed by atoms with Gasteiger partial charge in [0.1, 0.15) is 5.75 Å². The molecular formula is C16H12N2O5. The van der Waals surface area contributed by atoms with Gasteiger partial charge in [0, 0.05) is 17.3 Å². The molecule has 0 aromatic heterocycles. The van der Waals surface area contributed by atoms with Crippen LogP contribution in [0.25, 0.3) is 0 Å². The summed E-state index contributed by atoms with van der Waals surface area (Å²) in [6, 6.07) is 10.0. The molecule has 0 bridgehead atoms. The SMILES string of the molecule is O=C1COc2cc(NC(=O)c3ccc4c(c3)OCO4)ccc2N1. The van der Waals surface area contributed by atoms with Crippen molar-refractivity contribution in [3.63, 3.8) is 0 Å². The van der Waals surface area contributed by atoms with Crippen molar-refractivity contribution < 1.29 is 23.8 Å². The third-order valence-corrected chi connectivity index (χ3v) is 3.51. The summed E-state index contributed by atoms with van der Waals surface area (Å²) in [5.41, 5.74) is 1.62. The Morgan fingerprint density at radius 2 is 1.87 bits per heavy atom. The number of anilines is 2. The zero-order valence-electron chi connectivity index (χ0n) is 11.9. The van der Waals surface area contributed by atoms with Crippen LogP contribution in [0.1, 0.15) is 10.4 Å². The molecule has 2 aromatic rings. The normalized spacial score (nSPS) is 14.5. The van der Waals surface area contributed by atoms with Crippen molar-refractivity contribution in [2.45, 2.75) is 0 Å². The fourth-order valence-electron chi connectivity index (χ4n) is 2.39. The average Bonchev–Trinajstić information content (AvgIpc) is 3.02. The minimum Gasteiger partial charge on any atom is -0.482 e. The van der Waals surface area contributed by atoms with Gasteiger partial charge < -0.3 is 24.8 Å². The molecule has 4 rings (SSSR count). The van der Waals surface area contributed by atoms with E-state index >= 15 is 0 Å². The van der Waals surface area contributed by atoms with Crippen molar-refractivity contribution in [2.24, 2.45) is 0 Å². The Bertz CT molecular complexity index is 818. The second-order valence-corrected chi connectivity index (χ2v) is 5.07. The Morgan fingerprint density at radius 1 is 1.00 bits per heavy atom. The number of hydrogen-bond donors (Lipinski definition) is 2. The first-order valence-electron chi connectivity index (χ1n) is 6.97. The highest BCUT2D eigenvalue weighted by atomic mass is 16.7. The summed E-state index contributed by atoms with van der Waals surface area (Å²) in [4.78, 5) is 23.6. The Hall–Kier alpha value is -3.22. The van der Waals surface area contributed by atoms with Crippen LogP contribution in [0.5, 0.6) is 17.2 Å². The summed E-state index contributed by atoms with van der Waals surface area (Å²) in [6.45, 7) is 0.126. The second-order valence-electron chi connectivity index (χ2n) is 5.07. The number of carbonyl (C=O) groups is 2. The zero-order chi connectivity index (χ0) is 15.8. The van der Waals surface area contributed by atoms with Gasteiger partial charge in [-0.3, -0.25) is 9.59 Å².